The molecule has 2 N–H and O–H groups in total. The predicted octanol–water partition coefficient (Wildman–Crippen LogP) is 3.46. The minimum Gasteiger partial charge on any atom is -0.480 e. The fraction of sp³-hybridized carbons (Fsp3) is 0.500. The summed E-state index contributed by atoms with van der Waals surface area (Å²) in [6, 6.07) is 4.87. The van der Waals surface area contributed by atoms with Crippen LogP contribution in [0.1, 0.15) is 44.2 Å². The summed E-state index contributed by atoms with van der Waals surface area (Å²) in [5, 5.41) is 12.0. The van der Waals surface area contributed by atoms with E-state index in [4.69, 9.17) is 4.74 Å². The Balaban J connectivity index is 2.19. The van der Waals surface area contributed by atoms with Gasteiger partial charge in [0.05, 0.1) is 0 Å². The molecule has 1 aromatic carbocycles. The van der Waals surface area contributed by atoms with Gasteiger partial charge >= 0.3 is 12.1 Å². The molecule has 0 saturated carbocycles. The van der Waals surface area contributed by atoms with Crippen molar-refractivity contribution in [3.8, 4) is 0 Å². The van der Waals surface area contributed by atoms with Gasteiger partial charge < -0.3 is 15.2 Å². The lowest BCUT2D eigenvalue weighted by atomic mass is 9.93. The van der Waals surface area contributed by atoms with Gasteiger partial charge in [0.1, 0.15) is 11.6 Å². The van der Waals surface area contributed by atoms with E-state index in [0.29, 0.717) is 6.42 Å². The second-order valence-corrected chi connectivity index (χ2v) is 7.37. The summed E-state index contributed by atoms with van der Waals surface area (Å²) < 4.78 is 6.07. The monoisotopic (exact) mass is 369 g/mol. The Labute approximate surface area is 138 Å². The zero-order valence-corrected chi connectivity index (χ0v) is 14.4. The number of hydrogen-bond acceptors (Lipinski definition) is 3. The van der Waals surface area contributed by atoms with Gasteiger partial charge in [-0.1, -0.05) is 22.0 Å². The number of rotatable bonds is 3. The number of carbonyl (C=O) groups excluding carboxylic acids is 1. The van der Waals surface area contributed by atoms with Gasteiger partial charge in [0.15, 0.2) is 0 Å². The molecule has 0 fully saturated rings. The number of ether oxygens (including phenoxy) is 1. The highest BCUT2D eigenvalue weighted by atomic mass is 79.9. The third-order valence-corrected chi connectivity index (χ3v) is 4.07. The van der Waals surface area contributed by atoms with Crippen LogP contribution in [0.2, 0.25) is 0 Å². The van der Waals surface area contributed by atoms with Crippen LogP contribution in [-0.2, 0) is 16.0 Å². The molecule has 1 aliphatic rings. The molecule has 1 aliphatic carbocycles. The van der Waals surface area contributed by atoms with Crippen molar-refractivity contribution in [3.63, 3.8) is 0 Å². The van der Waals surface area contributed by atoms with Crippen LogP contribution in [0.3, 0.4) is 0 Å². The smallest absolute Gasteiger partial charge is 0.408 e. The zero-order chi connectivity index (χ0) is 16.5. The molecule has 0 saturated heterocycles. The van der Waals surface area contributed by atoms with Crippen molar-refractivity contribution in [1.82, 2.24) is 5.32 Å². The highest BCUT2D eigenvalue weighted by Gasteiger charge is 2.36. The van der Waals surface area contributed by atoms with Crippen LogP contribution in [0.4, 0.5) is 4.79 Å². The van der Waals surface area contributed by atoms with Gasteiger partial charge in [-0.15, -0.1) is 0 Å². The lowest BCUT2D eigenvalue weighted by Gasteiger charge is -2.25. The summed E-state index contributed by atoms with van der Waals surface area (Å²) in [5.74, 6) is -1.30. The van der Waals surface area contributed by atoms with Crippen LogP contribution in [0, 0.1) is 0 Å². The van der Waals surface area contributed by atoms with Gasteiger partial charge in [0.25, 0.3) is 0 Å². The van der Waals surface area contributed by atoms with Crippen molar-refractivity contribution in [2.45, 2.75) is 51.2 Å². The summed E-state index contributed by atoms with van der Waals surface area (Å²) in [7, 11) is 0. The first kappa shape index (κ1) is 16.8. The summed E-state index contributed by atoms with van der Waals surface area (Å²) in [5.41, 5.74) is 1.44. The third kappa shape index (κ3) is 4.00. The molecule has 1 aromatic rings. The molecule has 0 radical (unpaired) electrons. The van der Waals surface area contributed by atoms with Crippen molar-refractivity contribution >= 4 is 28.0 Å². The lowest BCUT2D eigenvalue weighted by molar-refractivity contribution is -0.140. The standard InChI is InChI=1S/C16H20BrNO4/c1-16(2,3)22-15(21)18-13(14(19)20)11-7-5-9-4-6-10(17)8-12(9)11/h4,6,8,11,13H,5,7H2,1-3H3,(H,18,21)(H,19,20)/t11-,13?/m1/s1. The van der Waals surface area contributed by atoms with E-state index >= 15 is 0 Å². The van der Waals surface area contributed by atoms with E-state index in [1.165, 1.54) is 0 Å². The van der Waals surface area contributed by atoms with E-state index in [2.05, 4.69) is 21.2 Å². The van der Waals surface area contributed by atoms with Crippen molar-refractivity contribution < 1.29 is 19.4 Å². The van der Waals surface area contributed by atoms with Crippen LogP contribution in [0.15, 0.2) is 22.7 Å². The van der Waals surface area contributed by atoms with E-state index in [1.54, 1.807) is 20.8 Å². The maximum Gasteiger partial charge on any atom is 0.408 e. The number of carbonyl (C=O) groups is 2. The largest absolute Gasteiger partial charge is 0.480 e. The number of aliphatic carboxylic acids is 1. The number of amides is 1. The summed E-state index contributed by atoms with van der Waals surface area (Å²) in [6.45, 7) is 5.22. The Morgan fingerprint density at radius 1 is 1.41 bits per heavy atom. The average molecular weight is 370 g/mol. The summed E-state index contributed by atoms with van der Waals surface area (Å²) in [6.07, 6.45) is 0.800. The van der Waals surface area contributed by atoms with Crippen LogP contribution >= 0.6 is 15.9 Å². The Bertz CT molecular complexity index is 594. The molecular weight excluding hydrogens is 350 g/mol. The predicted molar refractivity (Wildman–Crippen MR) is 86.0 cm³/mol. The fourth-order valence-corrected chi connectivity index (χ4v) is 3.10. The first-order chi connectivity index (χ1) is 10.2. The molecule has 22 heavy (non-hydrogen) atoms. The van der Waals surface area contributed by atoms with Crippen molar-refractivity contribution in [2.24, 2.45) is 0 Å². The minimum atomic E-state index is -1.05. The van der Waals surface area contributed by atoms with E-state index in [1.807, 2.05) is 18.2 Å². The molecule has 0 heterocycles. The summed E-state index contributed by atoms with van der Waals surface area (Å²) in [4.78, 5) is 23.5. The lowest BCUT2D eigenvalue weighted by Crippen LogP contribution is -2.46. The number of benzene rings is 1. The maximum absolute atomic E-state index is 11.9. The molecule has 0 aromatic heterocycles. The Hall–Kier alpha value is -1.56. The Morgan fingerprint density at radius 3 is 2.68 bits per heavy atom. The number of carboxylic acids is 1. The molecule has 2 atom stereocenters. The van der Waals surface area contributed by atoms with Crippen molar-refractivity contribution in [1.29, 1.82) is 0 Å². The number of carboxylic acid groups (broad SMARTS) is 1. The molecule has 6 heteroatoms. The van der Waals surface area contributed by atoms with E-state index in [9.17, 15) is 14.7 Å². The van der Waals surface area contributed by atoms with Gasteiger partial charge in [-0.05, 0) is 56.9 Å². The fourth-order valence-electron chi connectivity index (χ4n) is 2.72. The SMILES string of the molecule is CC(C)(C)OC(=O)NC(C(=O)O)[C@@H]1CCc2ccc(Br)cc21. The minimum absolute atomic E-state index is 0.252. The molecular formula is C16H20BrNO4. The first-order valence-corrected chi connectivity index (χ1v) is 7.97. The van der Waals surface area contributed by atoms with E-state index in [-0.39, 0.29) is 5.92 Å². The second-order valence-electron chi connectivity index (χ2n) is 6.45. The molecule has 1 amide bonds. The molecule has 0 bridgehead atoms. The number of hydrogen-bond donors (Lipinski definition) is 2. The first-order valence-electron chi connectivity index (χ1n) is 7.18. The Morgan fingerprint density at radius 2 is 2.09 bits per heavy atom. The van der Waals surface area contributed by atoms with Crippen LogP contribution in [-0.4, -0.2) is 28.8 Å². The summed E-state index contributed by atoms with van der Waals surface area (Å²) >= 11 is 3.41. The zero-order valence-electron chi connectivity index (χ0n) is 12.9. The highest BCUT2D eigenvalue weighted by molar-refractivity contribution is 9.10. The highest BCUT2D eigenvalue weighted by Crippen LogP contribution is 2.37. The van der Waals surface area contributed by atoms with Crippen molar-refractivity contribution in [2.75, 3.05) is 0 Å². The molecule has 2 rings (SSSR count). The van der Waals surface area contributed by atoms with Gasteiger partial charge in [-0.25, -0.2) is 9.59 Å². The van der Waals surface area contributed by atoms with Gasteiger partial charge in [0, 0.05) is 10.4 Å². The molecule has 1 unspecified atom stereocenters. The number of halogens is 1. The normalized spacial score (nSPS) is 18.5. The van der Waals surface area contributed by atoms with Crippen LogP contribution < -0.4 is 5.32 Å². The molecule has 0 spiro atoms. The number of nitrogens with one attached hydrogen (secondary N) is 1. The second kappa shape index (κ2) is 6.28. The van der Waals surface area contributed by atoms with E-state index < -0.39 is 23.7 Å². The van der Waals surface area contributed by atoms with Gasteiger partial charge in [-0.3, -0.25) is 0 Å². The van der Waals surface area contributed by atoms with Gasteiger partial charge in [-0.2, -0.15) is 0 Å². The number of aryl methyl sites for hydroxylation is 1. The van der Waals surface area contributed by atoms with Crippen LogP contribution in [0.5, 0.6) is 0 Å². The number of alkyl carbamates (subject to hydrolysis) is 1. The van der Waals surface area contributed by atoms with E-state index in [0.717, 1.165) is 22.0 Å². The molecule has 5 nitrogen and oxygen atoms in total. The topological polar surface area (TPSA) is 75.6 Å². The average Bonchev–Trinajstić information content (AvgIpc) is 2.76. The Kier molecular flexibility index (Phi) is 4.80. The third-order valence-electron chi connectivity index (χ3n) is 3.57. The molecule has 120 valence electrons. The maximum atomic E-state index is 11.9. The molecule has 0 aliphatic heterocycles. The quantitative estimate of drug-likeness (QED) is 0.855. The van der Waals surface area contributed by atoms with Crippen molar-refractivity contribution in [3.05, 3.63) is 33.8 Å². The van der Waals surface area contributed by atoms with Gasteiger partial charge in [0.2, 0.25) is 0 Å². The van der Waals surface area contributed by atoms with Crippen LogP contribution in [0.25, 0.3) is 0 Å². The number of fused-ring (bicyclic) bond motifs is 1.